The monoisotopic (exact) mass is 373 g/mol. The predicted molar refractivity (Wildman–Crippen MR) is 107 cm³/mol. The number of benzene rings is 2. The van der Waals surface area contributed by atoms with E-state index >= 15 is 0 Å². The van der Waals surface area contributed by atoms with Crippen LogP contribution in [0.1, 0.15) is 50.1 Å². The Morgan fingerprint density at radius 3 is 2.19 bits per heavy atom. The average Bonchev–Trinajstić information content (AvgIpc) is 2.61. The zero-order valence-electron chi connectivity index (χ0n) is 15.8. The number of carbonyl (C=O) groups excluding carboxylic acids is 1. The molecule has 0 saturated carbocycles. The Labute approximate surface area is 161 Å². The van der Waals surface area contributed by atoms with E-state index < -0.39 is 5.60 Å². The maximum Gasteiger partial charge on any atom is 0.410 e. The molecule has 0 radical (unpaired) electrons. The SMILES string of the molecule is CC(C)(C)OC(=O)N(CCCC(Cl)c1ccccc1)Cc1ccccc1. The van der Waals surface area contributed by atoms with Gasteiger partial charge in [0.25, 0.3) is 0 Å². The van der Waals surface area contributed by atoms with E-state index in [4.69, 9.17) is 16.3 Å². The third kappa shape index (κ3) is 7.09. The van der Waals surface area contributed by atoms with Crippen molar-refractivity contribution >= 4 is 17.7 Å². The first-order valence-corrected chi connectivity index (χ1v) is 9.49. The summed E-state index contributed by atoms with van der Waals surface area (Å²) in [6, 6.07) is 20.0. The molecule has 0 aliphatic carbocycles. The number of hydrogen-bond acceptors (Lipinski definition) is 2. The highest BCUT2D eigenvalue weighted by molar-refractivity contribution is 6.20. The molecular weight excluding hydrogens is 346 g/mol. The molecule has 0 spiro atoms. The van der Waals surface area contributed by atoms with Gasteiger partial charge in [0.15, 0.2) is 0 Å². The number of hydrogen-bond donors (Lipinski definition) is 0. The molecule has 4 heteroatoms. The standard InChI is InChI=1S/C22H28ClNO2/c1-22(2,3)26-21(25)24(17-18-11-6-4-7-12-18)16-10-15-20(23)19-13-8-5-9-14-19/h4-9,11-14,20H,10,15-17H2,1-3H3. The molecule has 2 aromatic carbocycles. The molecule has 3 nitrogen and oxygen atoms in total. The molecule has 0 saturated heterocycles. The van der Waals surface area contributed by atoms with Crippen LogP contribution in [0.15, 0.2) is 60.7 Å². The van der Waals surface area contributed by atoms with Crippen LogP contribution in [0.5, 0.6) is 0 Å². The minimum atomic E-state index is -0.509. The lowest BCUT2D eigenvalue weighted by molar-refractivity contribution is 0.0230. The molecule has 0 aromatic heterocycles. The molecule has 1 atom stereocenters. The van der Waals surface area contributed by atoms with Crippen LogP contribution in [0.3, 0.4) is 0 Å². The van der Waals surface area contributed by atoms with Crippen molar-refractivity contribution in [1.29, 1.82) is 0 Å². The average molecular weight is 374 g/mol. The van der Waals surface area contributed by atoms with Gasteiger partial charge in [0.2, 0.25) is 0 Å². The van der Waals surface area contributed by atoms with Crippen molar-refractivity contribution in [1.82, 2.24) is 4.90 Å². The largest absolute Gasteiger partial charge is 0.444 e. The van der Waals surface area contributed by atoms with E-state index in [1.54, 1.807) is 4.90 Å². The number of halogens is 1. The Morgan fingerprint density at radius 1 is 1.04 bits per heavy atom. The second-order valence-electron chi connectivity index (χ2n) is 7.41. The number of carbonyl (C=O) groups is 1. The Morgan fingerprint density at radius 2 is 1.62 bits per heavy atom. The van der Waals surface area contributed by atoms with Crippen LogP contribution in [-0.4, -0.2) is 23.1 Å². The highest BCUT2D eigenvalue weighted by Crippen LogP contribution is 2.25. The van der Waals surface area contributed by atoms with Crippen molar-refractivity contribution in [3.63, 3.8) is 0 Å². The highest BCUT2D eigenvalue weighted by Gasteiger charge is 2.22. The molecule has 0 bridgehead atoms. The Kier molecular flexibility index (Phi) is 7.52. The van der Waals surface area contributed by atoms with Crippen LogP contribution in [0.2, 0.25) is 0 Å². The van der Waals surface area contributed by atoms with Gasteiger partial charge in [-0.3, -0.25) is 0 Å². The van der Waals surface area contributed by atoms with Gasteiger partial charge in [-0.1, -0.05) is 60.7 Å². The predicted octanol–water partition coefficient (Wildman–Crippen LogP) is 6.18. The van der Waals surface area contributed by atoms with Gasteiger partial charge in [0.1, 0.15) is 5.60 Å². The Balaban J connectivity index is 1.95. The first-order chi connectivity index (χ1) is 12.3. The van der Waals surface area contributed by atoms with E-state index in [2.05, 4.69) is 0 Å². The quantitative estimate of drug-likeness (QED) is 0.542. The molecule has 0 aliphatic rings. The van der Waals surface area contributed by atoms with Gasteiger partial charge in [-0.25, -0.2) is 4.79 Å². The number of alkyl halides is 1. The second kappa shape index (κ2) is 9.63. The molecule has 0 aliphatic heterocycles. The maximum atomic E-state index is 12.6. The van der Waals surface area contributed by atoms with Gasteiger partial charge in [-0.15, -0.1) is 11.6 Å². The van der Waals surface area contributed by atoms with E-state index in [1.807, 2.05) is 81.4 Å². The van der Waals surface area contributed by atoms with Crippen molar-refractivity contribution in [3.05, 3.63) is 71.8 Å². The molecule has 1 amide bonds. The van der Waals surface area contributed by atoms with Crippen LogP contribution in [0, 0.1) is 0 Å². The second-order valence-corrected chi connectivity index (χ2v) is 7.93. The van der Waals surface area contributed by atoms with Crippen LogP contribution >= 0.6 is 11.6 Å². The van der Waals surface area contributed by atoms with Gasteiger partial charge in [0, 0.05) is 13.1 Å². The maximum absolute atomic E-state index is 12.6. The Bertz CT molecular complexity index is 668. The number of ether oxygens (including phenoxy) is 1. The van der Waals surface area contributed by atoms with Gasteiger partial charge >= 0.3 is 6.09 Å². The minimum Gasteiger partial charge on any atom is -0.444 e. The van der Waals surface area contributed by atoms with Crippen molar-refractivity contribution in [2.45, 2.75) is 51.1 Å². The summed E-state index contributed by atoms with van der Waals surface area (Å²) in [4.78, 5) is 14.3. The molecule has 140 valence electrons. The molecule has 0 heterocycles. The summed E-state index contributed by atoms with van der Waals surface area (Å²) >= 11 is 6.50. The van der Waals surface area contributed by atoms with E-state index in [9.17, 15) is 4.79 Å². The zero-order valence-corrected chi connectivity index (χ0v) is 16.6. The molecule has 2 aromatic rings. The fourth-order valence-electron chi connectivity index (χ4n) is 2.66. The summed E-state index contributed by atoms with van der Waals surface area (Å²) in [5.41, 5.74) is 1.69. The molecular formula is C22H28ClNO2. The molecule has 0 fully saturated rings. The molecule has 2 rings (SSSR count). The van der Waals surface area contributed by atoms with Gasteiger partial charge in [0.05, 0.1) is 5.38 Å². The summed E-state index contributed by atoms with van der Waals surface area (Å²) in [5, 5.41) is -0.0478. The topological polar surface area (TPSA) is 29.5 Å². The third-order valence-corrected chi connectivity index (χ3v) is 4.39. The lowest BCUT2D eigenvalue weighted by Crippen LogP contribution is -2.37. The summed E-state index contributed by atoms with van der Waals surface area (Å²) in [7, 11) is 0. The first-order valence-electron chi connectivity index (χ1n) is 9.06. The number of rotatable bonds is 7. The molecule has 26 heavy (non-hydrogen) atoms. The molecule has 1 unspecified atom stereocenters. The lowest BCUT2D eigenvalue weighted by atomic mass is 10.1. The van der Waals surface area contributed by atoms with Gasteiger partial charge in [-0.2, -0.15) is 0 Å². The number of amides is 1. The number of nitrogens with zero attached hydrogens (tertiary/aromatic N) is 1. The smallest absolute Gasteiger partial charge is 0.410 e. The van der Waals surface area contributed by atoms with Crippen molar-refractivity contribution < 1.29 is 9.53 Å². The van der Waals surface area contributed by atoms with Crippen molar-refractivity contribution in [3.8, 4) is 0 Å². The van der Waals surface area contributed by atoms with Crippen molar-refractivity contribution in [2.75, 3.05) is 6.54 Å². The van der Waals surface area contributed by atoms with E-state index in [1.165, 1.54) is 0 Å². The highest BCUT2D eigenvalue weighted by atomic mass is 35.5. The van der Waals surface area contributed by atoms with Crippen LogP contribution in [-0.2, 0) is 11.3 Å². The minimum absolute atomic E-state index is 0.0478. The summed E-state index contributed by atoms with van der Waals surface area (Å²) in [6.07, 6.45) is 1.33. The van der Waals surface area contributed by atoms with E-state index in [0.29, 0.717) is 13.1 Å². The van der Waals surface area contributed by atoms with Gasteiger partial charge < -0.3 is 9.64 Å². The van der Waals surface area contributed by atoms with Crippen LogP contribution in [0.4, 0.5) is 4.79 Å². The fourth-order valence-corrected chi connectivity index (χ4v) is 2.95. The van der Waals surface area contributed by atoms with Crippen LogP contribution < -0.4 is 0 Å². The van der Waals surface area contributed by atoms with Crippen LogP contribution in [0.25, 0.3) is 0 Å². The van der Waals surface area contributed by atoms with Gasteiger partial charge in [-0.05, 0) is 44.7 Å². The fraction of sp³-hybridized carbons (Fsp3) is 0.409. The lowest BCUT2D eigenvalue weighted by Gasteiger charge is -2.28. The Hall–Kier alpha value is -2.00. The normalized spacial score (nSPS) is 12.5. The summed E-state index contributed by atoms with van der Waals surface area (Å²) in [6.45, 7) is 6.80. The zero-order chi connectivity index (χ0) is 19.0. The van der Waals surface area contributed by atoms with Crippen molar-refractivity contribution in [2.24, 2.45) is 0 Å². The third-order valence-electron chi connectivity index (χ3n) is 3.91. The summed E-state index contributed by atoms with van der Waals surface area (Å²) in [5.74, 6) is 0. The summed E-state index contributed by atoms with van der Waals surface area (Å²) < 4.78 is 5.57. The molecule has 0 N–H and O–H groups in total. The first kappa shape index (κ1) is 20.3. The van der Waals surface area contributed by atoms with E-state index in [-0.39, 0.29) is 11.5 Å². The van der Waals surface area contributed by atoms with E-state index in [0.717, 1.165) is 24.0 Å².